The first-order chi connectivity index (χ1) is 9.55. The third-order valence-electron chi connectivity index (χ3n) is 3.16. The van der Waals surface area contributed by atoms with Gasteiger partial charge in [0.15, 0.2) is 0 Å². The second-order valence-electron chi connectivity index (χ2n) is 4.76. The molecule has 6 nitrogen and oxygen atoms in total. The van der Waals surface area contributed by atoms with Crippen LogP contribution in [0.25, 0.3) is 0 Å². The lowest BCUT2D eigenvalue weighted by Gasteiger charge is -2.36. The molecule has 0 spiro atoms. The zero-order valence-electron chi connectivity index (χ0n) is 11.5. The van der Waals surface area contributed by atoms with Gasteiger partial charge in [-0.3, -0.25) is 4.79 Å². The molecule has 1 fully saturated rings. The maximum absolute atomic E-state index is 12.5. The number of hydrogen-bond acceptors (Lipinski definition) is 5. The molecule has 2 rings (SSSR count). The molecule has 2 N–H and O–H groups in total. The zero-order valence-corrected chi connectivity index (χ0v) is 12.2. The Morgan fingerprint density at radius 1 is 1.65 bits per heavy atom. The number of aliphatic hydroxyl groups excluding tert-OH is 1. The topological polar surface area (TPSA) is 74.7 Å². The standard InChI is InChI=1S/C13H18ClN3O3/c1-8-5-17(6-9(7-18)20-8)13(19)10-3-12(15-2)16-4-11(10)14/h3-4,8-9,18H,5-7H2,1-2H3,(H,15,16). The molecule has 7 heteroatoms. The molecule has 2 atom stereocenters. The van der Waals surface area contributed by atoms with Crippen molar-refractivity contribution < 1.29 is 14.6 Å². The predicted molar refractivity (Wildman–Crippen MR) is 76.1 cm³/mol. The Bertz CT molecular complexity index is 498. The van der Waals surface area contributed by atoms with Gasteiger partial charge in [0.2, 0.25) is 0 Å². The van der Waals surface area contributed by atoms with Crippen LogP contribution in [0.1, 0.15) is 17.3 Å². The first-order valence-electron chi connectivity index (χ1n) is 6.44. The lowest BCUT2D eigenvalue weighted by Crippen LogP contribution is -2.50. The molecule has 0 saturated carbocycles. The number of hydrogen-bond donors (Lipinski definition) is 2. The van der Waals surface area contributed by atoms with Crippen molar-refractivity contribution in [3.63, 3.8) is 0 Å². The largest absolute Gasteiger partial charge is 0.394 e. The van der Waals surface area contributed by atoms with Crippen LogP contribution in [0.3, 0.4) is 0 Å². The van der Waals surface area contributed by atoms with Crippen LogP contribution in [0.4, 0.5) is 5.82 Å². The van der Waals surface area contributed by atoms with E-state index in [1.807, 2.05) is 6.92 Å². The van der Waals surface area contributed by atoms with Gasteiger partial charge >= 0.3 is 0 Å². The van der Waals surface area contributed by atoms with Gasteiger partial charge in [-0.25, -0.2) is 4.98 Å². The molecule has 0 radical (unpaired) electrons. The molecule has 110 valence electrons. The van der Waals surface area contributed by atoms with Gasteiger partial charge in [0.05, 0.1) is 29.4 Å². The summed E-state index contributed by atoms with van der Waals surface area (Å²) in [6.07, 6.45) is 0.981. The summed E-state index contributed by atoms with van der Waals surface area (Å²) in [5.41, 5.74) is 0.400. The molecule has 1 aromatic rings. The van der Waals surface area contributed by atoms with Gasteiger partial charge in [0.25, 0.3) is 5.91 Å². The fraction of sp³-hybridized carbons (Fsp3) is 0.538. The average molecular weight is 300 g/mol. The highest BCUT2D eigenvalue weighted by atomic mass is 35.5. The Morgan fingerprint density at radius 2 is 2.40 bits per heavy atom. The number of aromatic nitrogens is 1. The predicted octanol–water partition coefficient (Wildman–Crippen LogP) is 0.999. The van der Waals surface area contributed by atoms with Gasteiger partial charge < -0.3 is 20.1 Å². The van der Waals surface area contributed by atoms with Crippen LogP contribution >= 0.6 is 11.6 Å². The lowest BCUT2D eigenvalue weighted by molar-refractivity contribution is -0.0858. The van der Waals surface area contributed by atoms with Gasteiger partial charge in [0.1, 0.15) is 5.82 Å². The SMILES string of the molecule is CNc1cc(C(=O)N2CC(C)OC(CO)C2)c(Cl)cn1. The van der Waals surface area contributed by atoms with Crippen molar-refractivity contribution in [2.24, 2.45) is 0 Å². The minimum Gasteiger partial charge on any atom is -0.394 e. The number of ether oxygens (including phenoxy) is 1. The van der Waals surface area contributed by atoms with Gasteiger partial charge in [-0.1, -0.05) is 11.6 Å². The van der Waals surface area contributed by atoms with Crippen molar-refractivity contribution in [2.45, 2.75) is 19.1 Å². The first kappa shape index (κ1) is 15.0. The Hall–Kier alpha value is -1.37. The number of nitrogens with one attached hydrogen (secondary N) is 1. The molecule has 1 saturated heterocycles. The third kappa shape index (κ3) is 3.20. The quantitative estimate of drug-likeness (QED) is 0.871. The van der Waals surface area contributed by atoms with Crippen LogP contribution in [0, 0.1) is 0 Å². The van der Waals surface area contributed by atoms with E-state index in [0.717, 1.165) is 0 Å². The molecule has 0 aliphatic carbocycles. The molecule has 1 aliphatic rings. The fourth-order valence-corrected chi connectivity index (χ4v) is 2.41. The van der Waals surface area contributed by atoms with Crippen molar-refractivity contribution in [3.05, 3.63) is 22.8 Å². The second kappa shape index (κ2) is 6.39. The second-order valence-corrected chi connectivity index (χ2v) is 5.17. The van der Waals surface area contributed by atoms with Crippen LogP contribution < -0.4 is 5.32 Å². The highest BCUT2D eigenvalue weighted by molar-refractivity contribution is 6.33. The molecule has 2 heterocycles. The van der Waals surface area contributed by atoms with Crippen LogP contribution in [0.2, 0.25) is 5.02 Å². The van der Waals surface area contributed by atoms with E-state index in [4.69, 9.17) is 16.3 Å². The number of amides is 1. The molecular formula is C13H18ClN3O3. The third-order valence-corrected chi connectivity index (χ3v) is 3.46. The number of rotatable bonds is 3. The first-order valence-corrected chi connectivity index (χ1v) is 6.81. The summed E-state index contributed by atoms with van der Waals surface area (Å²) in [5.74, 6) is 0.403. The maximum Gasteiger partial charge on any atom is 0.255 e. The van der Waals surface area contributed by atoms with E-state index in [1.54, 1.807) is 18.0 Å². The van der Waals surface area contributed by atoms with Crippen molar-refractivity contribution in [1.29, 1.82) is 0 Å². The van der Waals surface area contributed by atoms with Crippen LogP contribution in [0.5, 0.6) is 0 Å². The van der Waals surface area contributed by atoms with Crippen LogP contribution in [-0.4, -0.2) is 59.8 Å². The summed E-state index contributed by atoms with van der Waals surface area (Å²) >= 11 is 6.06. The highest BCUT2D eigenvalue weighted by Crippen LogP contribution is 2.22. The molecule has 1 aromatic heterocycles. The van der Waals surface area contributed by atoms with E-state index in [2.05, 4.69) is 10.3 Å². The number of pyridine rings is 1. The summed E-state index contributed by atoms with van der Waals surface area (Å²) in [7, 11) is 1.73. The minimum absolute atomic E-state index is 0.111. The minimum atomic E-state index is -0.355. The summed E-state index contributed by atoms with van der Waals surface area (Å²) in [6.45, 7) is 2.59. The number of anilines is 1. The van der Waals surface area contributed by atoms with Gasteiger partial charge in [-0.2, -0.15) is 0 Å². The number of nitrogens with zero attached hydrogens (tertiary/aromatic N) is 2. The Kier molecular flexibility index (Phi) is 4.80. The average Bonchev–Trinajstić information content (AvgIpc) is 2.46. The Morgan fingerprint density at radius 3 is 3.05 bits per heavy atom. The number of carbonyl (C=O) groups is 1. The van der Waals surface area contributed by atoms with E-state index in [9.17, 15) is 9.90 Å². The highest BCUT2D eigenvalue weighted by Gasteiger charge is 2.29. The van der Waals surface area contributed by atoms with E-state index < -0.39 is 0 Å². The molecule has 0 bridgehead atoms. The van der Waals surface area contributed by atoms with E-state index in [0.29, 0.717) is 29.5 Å². The van der Waals surface area contributed by atoms with Crippen molar-refractivity contribution in [1.82, 2.24) is 9.88 Å². The van der Waals surface area contributed by atoms with Crippen molar-refractivity contribution >= 4 is 23.3 Å². The van der Waals surface area contributed by atoms with Gasteiger partial charge in [-0.15, -0.1) is 0 Å². The zero-order chi connectivity index (χ0) is 14.7. The maximum atomic E-state index is 12.5. The van der Waals surface area contributed by atoms with Crippen LogP contribution in [-0.2, 0) is 4.74 Å². The van der Waals surface area contributed by atoms with E-state index in [-0.39, 0.29) is 24.7 Å². The lowest BCUT2D eigenvalue weighted by atomic mass is 10.1. The fourth-order valence-electron chi connectivity index (χ4n) is 2.22. The van der Waals surface area contributed by atoms with E-state index >= 15 is 0 Å². The van der Waals surface area contributed by atoms with Crippen molar-refractivity contribution in [2.75, 3.05) is 32.1 Å². The Labute approximate surface area is 122 Å². The number of morpholine rings is 1. The number of aliphatic hydroxyl groups is 1. The summed E-state index contributed by atoms with van der Waals surface area (Å²) in [6, 6.07) is 1.62. The molecule has 20 heavy (non-hydrogen) atoms. The number of halogens is 1. The Balaban J connectivity index is 2.22. The van der Waals surface area contributed by atoms with Crippen LogP contribution in [0.15, 0.2) is 12.3 Å². The molecular weight excluding hydrogens is 282 g/mol. The molecule has 1 aliphatic heterocycles. The van der Waals surface area contributed by atoms with Gasteiger partial charge in [0, 0.05) is 26.3 Å². The van der Waals surface area contributed by atoms with Crippen molar-refractivity contribution in [3.8, 4) is 0 Å². The summed E-state index contributed by atoms with van der Waals surface area (Å²) in [5, 5.41) is 12.4. The normalized spacial score (nSPS) is 22.7. The molecule has 1 amide bonds. The molecule has 2 unspecified atom stereocenters. The monoisotopic (exact) mass is 299 g/mol. The summed E-state index contributed by atoms with van der Waals surface area (Å²) in [4.78, 5) is 18.2. The van der Waals surface area contributed by atoms with E-state index in [1.165, 1.54) is 6.20 Å². The smallest absolute Gasteiger partial charge is 0.255 e. The number of carbonyl (C=O) groups excluding carboxylic acids is 1. The molecule has 0 aromatic carbocycles. The van der Waals surface area contributed by atoms with Gasteiger partial charge in [-0.05, 0) is 13.0 Å². The summed E-state index contributed by atoms with van der Waals surface area (Å²) < 4.78 is 5.53.